The van der Waals surface area contributed by atoms with Crippen molar-refractivity contribution in [2.24, 2.45) is 0 Å². The summed E-state index contributed by atoms with van der Waals surface area (Å²) in [6.45, 7) is 0.479. The molecule has 6 heteroatoms. The minimum absolute atomic E-state index is 0.0926. The van der Waals surface area contributed by atoms with Gasteiger partial charge < -0.3 is 15.5 Å². The molecule has 3 rings (SSSR count). The number of carbonyl (C=O) groups is 2. The third-order valence-corrected chi connectivity index (χ3v) is 5.38. The van der Waals surface area contributed by atoms with Gasteiger partial charge in [0.15, 0.2) is 0 Å². The van der Waals surface area contributed by atoms with Gasteiger partial charge in [-0.05, 0) is 49.8 Å². The maximum absolute atomic E-state index is 12.8. The number of nitrogens with one attached hydrogen (secondary N) is 2. The average molecular weight is 394 g/mol. The van der Waals surface area contributed by atoms with Gasteiger partial charge in [0.1, 0.15) is 0 Å². The fourth-order valence-electron chi connectivity index (χ4n) is 2.88. The molecule has 0 aliphatic carbocycles. The Morgan fingerprint density at radius 3 is 2.32 bits per heavy atom. The van der Waals surface area contributed by atoms with E-state index in [1.807, 2.05) is 31.6 Å². The lowest BCUT2D eigenvalue weighted by molar-refractivity contribution is 0.0943. The van der Waals surface area contributed by atoms with Gasteiger partial charge in [-0.3, -0.25) is 9.59 Å². The summed E-state index contributed by atoms with van der Waals surface area (Å²) in [5.74, 6) is -0.460. The van der Waals surface area contributed by atoms with Gasteiger partial charge in [0.05, 0.1) is 17.3 Å². The Balaban J connectivity index is 1.71. The SMILES string of the molecule is CN(C)[C@H](CNC(=O)c1ccccc1NC(=O)c1ccccc1)c1cccs1. The molecule has 0 saturated carbocycles. The Bertz CT molecular complexity index is 924. The van der Waals surface area contributed by atoms with Crippen LogP contribution >= 0.6 is 11.3 Å². The van der Waals surface area contributed by atoms with E-state index in [0.717, 1.165) is 0 Å². The maximum atomic E-state index is 12.8. The standard InChI is InChI=1S/C22H23N3O2S/c1-25(2)19(20-13-8-14-28-20)15-23-22(27)17-11-6-7-12-18(17)24-21(26)16-9-4-3-5-10-16/h3-14,19H,15H2,1-2H3,(H,23,27)(H,24,26)/t19-/m1/s1. The van der Waals surface area contributed by atoms with Crippen molar-refractivity contribution in [1.82, 2.24) is 10.2 Å². The van der Waals surface area contributed by atoms with Crippen molar-refractivity contribution in [2.45, 2.75) is 6.04 Å². The predicted octanol–water partition coefficient (Wildman–Crippen LogP) is 4.03. The Kier molecular flexibility index (Phi) is 6.57. The van der Waals surface area contributed by atoms with Crippen LogP contribution in [0.2, 0.25) is 0 Å². The van der Waals surface area contributed by atoms with Crippen LogP contribution in [-0.4, -0.2) is 37.4 Å². The number of anilines is 1. The molecule has 28 heavy (non-hydrogen) atoms. The average Bonchev–Trinajstić information content (AvgIpc) is 3.23. The van der Waals surface area contributed by atoms with Crippen molar-refractivity contribution in [3.05, 3.63) is 88.1 Å². The summed E-state index contributed by atoms with van der Waals surface area (Å²) in [6.07, 6.45) is 0. The molecule has 0 fully saturated rings. The summed E-state index contributed by atoms with van der Waals surface area (Å²) in [5.41, 5.74) is 1.48. The highest BCUT2D eigenvalue weighted by molar-refractivity contribution is 7.10. The predicted molar refractivity (Wildman–Crippen MR) is 114 cm³/mol. The summed E-state index contributed by atoms with van der Waals surface area (Å²) in [6, 6.07) is 20.1. The Morgan fingerprint density at radius 2 is 1.64 bits per heavy atom. The molecule has 1 aromatic heterocycles. The van der Waals surface area contributed by atoms with Crippen LogP contribution in [0.3, 0.4) is 0 Å². The summed E-state index contributed by atoms with van der Waals surface area (Å²) in [5, 5.41) is 7.86. The Labute approximate surface area is 169 Å². The quantitative estimate of drug-likeness (QED) is 0.637. The van der Waals surface area contributed by atoms with Gasteiger partial charge in [-0.2, -0.15) is 0 Å². The minimum atomic E-state index is -0.245. The summed E-state index contributed by atoms with van der Waals surface area (Å²) < 4.78 is 0. The van der Waals surface area contributed by atoms with Crippen LogP contribution < -0.4 is 10.6 Å². The maximum Gasteiger partial charge on any atom is 0.255 e. The second-order valence-corrected chi connectivity index (χ2v) is 7.55. The van der Waals surface area contributed by atoms with Crippen LogP contribution in [0.5, 0.6) is 0 Å². The fraction of sp³-hybridized carbons (Fsp3) is 0.182. The number of nitrogens with zero attached hydrogens (tertiary/aromatic N) is 1. The normalized spacial score (nSPS) is 11.8. The number of carbonyl (C=O) groups excluding carboxylic acids is 2. The van der Waals surface area contributed by atoms with Gasteiger partial charge in [0, 0.05) is 17.0 Å². The van der Waals surface area contributed by atoms with Crippen molar-refractivity contribution in [1.29, 1.82) is 0 Å². The van der Waals surface area contributed by atoms with E-state index < -0.39 is 0 Å². The second-order valence-electron chi connectivity index (χ2n) is 6.57. The van der Waals surface area contributed by atoms with Gasteiger partial charge >= 0.3 is 0 Å². The molecule has 1 atom stereocenters. The topological polar surface area (TPSA) is 61.4 Å². The van der Waals surface area contributed by atoms with Crippen molar-refractivity contribution >= 4 is 28.8 Å². The largest absolute Gasteiger partial charge is 0.350 e. The van der Waals surface area contributed by atoms with E-state index in [1.54, 1.807) is 59.9 Å². The zero-order valence-electron chi connectivity index (χ0n) is 15.9. The Morgan fingerprint density at radius 1 is 0.929 bits per heavy atom. The molecule has 2 N–H and O–H groups in total. The number of para-hydroxylation sites is 1. The first-order valence-electron chi connectivity index (χ1n) is 8.99. The molecule has 5 nitrogen and oxygen atoms in total. The number of amides is 2. The van der Waals surface area contributed by atoms with Crippen LogP contribution in [0, 0.1) is 0 Å². The van der Waals surface area contributed by atoms with E-state index in [1.165, 1.54) is 4.88 Å². The number of rotatable bonds is 7. The van der Waals surface area contributed by atoms with E-state index in [9.17, 15) is 9.59 Å². The molecular weight excluding hydrogens is 370 g/mol. The third kappa shape index (κ3) is 4.85. The summed E-state index contributed by atoms with van der Waals surface area (Å²) in [7, 11) is 3.98. The molecule has 2 amide bonds. The van der Waals surface area contributed by atoms with E-state index >= 15 is 0 Å². The van der Waals surface area contributed by atoms with E-state index in [0.29, 0.717) is 23.4 Å². The molecule has 0 aliphatic rings. The smallest absolute Gasteiger partial charge is 0.255 e. The van der Waals surface area contributed by atoms with Crippen LogP contribution in [0.15, 0.2) is 72.1 Å². The van der Waals surface area contributed by atoms with Gasteiger partial charge in [0.25, 0.3) is 11.8 Å². The van der Waals surface area contributed by atoms with Gasteiger partial charge in [-0.15, -0.1) is 11.3 Å². The molecule has 3 aromatic rings. The summed E-state index contributed by atoms with van der Waals surface area (Å²) in [4.78, 5) is 28.5. The molecule has 0 bridgehead atoms. The first kappa shape index (κ1) is 19.8. The molecule has 0 aliphatic heterocycles. The van der Waals surface area contributed by atoms with E-state index in [2.05, 4.69) is 21.6 Å². The van der Waals surface area contributed by atoms with E-state index in [4.69, 9.17) is 0 Å². The first-order valence-corrected chi connectivity index (χ1v) is 9.87. The number of thiophene rings is 1. The molecule has 2 aromatic carbocycles. The van der Waals surface area contributed by atoms with Gasteiger partial charge in [0.2, 0.25) is 0 Å². The minimum Gasteiger partial charge on any atom is -0.350 e. The fourth-order valence-corrected chi connectivity index (χ4v) is 3.80. The second kappa shape index (κ2) is 9.30. The van der Waals surface area contributed by atoms with Crippen LogP contribution in [0.4, 0.5) is 5.69 Å². The Hall–Kier alpha value is -2.96. The third-order valence-electron chi connectivity index (χ3n) is 4.41. The highest BCUT2D eigenvalue weighted by Crippen LogP contribution is 2.23. The number of benzene rings is 2. The van der Waals surface area contributed by atoms with Crippen molar-refractivity contribution in [3.63, 3.8) is 0 Å². The molecule has 0 unspecified atom stereocenters. The highest BCUT2D eigenvalue weighted by atomic mass is 32.1. The first-order chi connectivity index (χ1) is 13.6. The molecule has 144 valence electrons. The highest BCUT2D eigenvalue weighted by Gasteiger charge is 2.18. The number of hydrogen-bond donors (Lipinski definition) is 2. The lowest BCUT2D eigenvalue weighted by Crippen LogP contribution is -2.34. The molecule has 1 heterocycles. The molecule has 0 radical (unpaired) electrons. The van der Waals surface area contributed by atoms with Crippen LogP contribution in [-0.2, 0) is 0 Å². The lowest BCUT2D eigenvalue weighted by Gasteiger charge is -2.23. The molecule has 0 spiro atoms. The van der Waals surface area contributed by atoms with Crippen LogP contribution in [0.1, 0.15) is 31.6 Å². The van der Waals surface area contributed by atoms with E-state index in [-0.39, 0.29) is 17.9 Å². The zero-order chi connectivity index (χ0) is 19.9. The van der Waals surface area contributed by atoms with Crippen molar-refractivity contribution < 1.29 is 9.59 Å². The van der Waals surface area contributed by atoms with Gasteiger partial charge in [-0.1, -0.05) is 36.4 Å². The van der Waals surface area contributed by atoms with Gasteiger partial charge in [-0.25, -0.2) is 0 Å². The molecule has 0 saturated heterocycles. The zero-order valence-corrected chi connectivity index (χ0v) is 16.7. The summed E-state index contributed by atoms with van der Waals surface area (Å²) >= 11 is 1.67. The number of likely N-dealkylation sites (N-methyl/N-ethyl adjacent to an activating group) is 1. The molecular formula is C22H23N3O2S. The van der Waals surface area contributed by atoms with Crippen LogP contribution in [0.25, 0.3) is 0 Å². The lowest BCUT2D eigenvalue weighted by atomic mass is 10.1. The van der Waals surface area contributed by atoms with Crippen molar-refractivity contribution in [2.75, 3.05) is 26.0 Å². The monoisotopic (exact) mass is 393 g/mol. The van der Waals surface area contributed by atoms with Crippen molar-refractivity contribution in [3.8, 4) is 0 Å². The number of hydrogen-bond acceptors (Lipinski definition) is 4.